The van der Waals surface area contributed by atoms with Crippen LogP contribution >= 0.6 is 38.2 Å². The average Bonchev–Trinajstić information content (AvgIpc) is 1.97. The van der Waals surface area contributed by atoms with Crippen LogP contribution in [0.2, 0.25) is 5.02 Å². The Labute approximate surface area is 96.4 Å². The molecule has 0 aliphatic rings. The third kappa shape index (κ3) is 2.18. The molecule has 8 heteroatoms. The Morgan fingerprint density at radius 3 is 2.29 bits per heavy atom. The van der Waals surface area contributed by atoms with E-state index in [1.807, 2.05) is 0 Å². The Morgan fingerprint density at radius 1 is 1.36 bits per heavy atom. The zero-order valence-electron chi connectivity index (χ0n) is 6.19. The van der Waals surface area contributed by atoms with Gasteiger partial charge in [0.15, 0.2) is 5.82 Å². The highest BCUT2D eigenvalue weighted by Gasteiger charge is 2.24. The number of halogens is 5. The molecule has 0 aliphatic heterocycles. The minimum absolute atomic E-state index is 0.313. The summed E-state index contributed by atoms with van der Waals surface area (Å²) >= 11 is 7.83. The molecule has 2 nitrogen and oxygen atoms in total. The van der Waals surface area contributed by atoms with Gasteiger partial charge in [-0.2, -0.15) is 0 Å². The second kappa shape index (κ2) is 3.92. The van der Waals surface area contributed by atoms with Crippen LogP contribution in [0, 0.1) is 11.6 Å². The zero-order valence-corrected chi connectivity index (χ0v) is 10.1. The van der Waals surface area contributed by atoms with Gasteiger partial charge in [-0.1, -0.05) is 11.6 Å². The molecule has 0 radical (unpaired) electrons. The van der Waals surface area contributed by atoms with Gasteiger partial charge in [-0.25, -0.2) is 17.2 Å². The third-order valence-corrected chi connectivity index (χ3v) is 3.90. The first-order chi connectivity index (χ1) is 6.25. The fourth-order valence-electron chi connectivity index (χ4n) is 0.773. The lowest BCUT2D eigenvalue weighted by Gasteiger charge is -2.04. The maximum absolute atomic E-state index is 13.2. The first-order valence-electron chi connectivity index (χ1n) is 3.03. The van der Waals surface area contributed by atoms with E-state index in [9.17, 15) is 17.2 Å². The van der Waals surface area contributed by atoms with E-state index in [1.54, 1.807) is 0 Å². The fourth-order valence-corrected chi connectivity index (χ4v) is 3.33. The van der Waals surface area contributed by atoms with Crippen molar-refractivity contribution in [1.29, 1.82) is 0 Å². The van der Waals surface area contributed by atoms with Gasteiger partial charge in [-0.3, -0.25) is 0 Å². The number of rotatable bonds is 1. The molecule has 0 heterocycles. The predicted molar refractivity (Wildman–Crippen MR) is 52.1 cm³/mol. The van der Waals surface area contributed by atoms with Crippen molar-refractivity contribution in [3.8, 4) is 0 Å². The quantitative estimate of drug-likeness (QED) is 0.451. The summed E-state index contributed by atoms with van der Waals surface area (Å²) in [6.07, 6.45) is 0. The molecule has 14 heavy (non-hydrogen) atoms. The van der Waals surface area contributed by atoms with Crippen LogP contribution in [0.1, 0.15) is 0 Å². The van der Waals surface area contributed by atoms with E-state index in [0.717, 1.165) is 6.07 Å². The van der Waals surface area contributed by atoms with E-state index in [-0.39, 0.29) is 4.47 Å². The van der Waals surface area contributed by atoms with Crippen molar-refractivity contribution < 1.29 is 17.2 Å². The SMILES string of the molecule is O=S(=O)(Cl)c1c(Br)cc(F)c(Cl)c1F. The van der Waals surface area contributed by atoms with Crippen LogP contribution in [0.15, 0.2) is 15.4 Å². The van der Waals surface area contributed by atoms with E-state index >= 15 is 0 Å². The van der Waals surface area contributed by atoms with Crippen molar-refractivity contribution in [2.75, 3.05) is 0 Å². The molecule has 0 atom stereocenters. The van der Waals surface area contributed by atoms with Gasteiger partial charge in [0.05, 0.1) is 0 Å². The van der Waals surface area contributed by atoms with Crippen LogP contribution in [0.4, 0.5) is 8.78 Å². The first kappa shape index (κ1) is 12.2. The predicted octanol–water partition coefficient (Wildman–Crippen LogP) is 3.31. The smallest absolute Gasteiger partial charge is 0.207 e. The second-order valence-corrected chi connectivity index (χ2v) is 5.97. The molecule has 0 saturated carbocycles. The maximum Gasteiger partial charge on any atom is 0.265 e. The summed E-state index contributed by atoms with van der Waals surface area (Å²) in [6.45, 7) is 0. The highest BCUT2D eigenvalue weighted by atomic mass is 79.9. The van der Waals surface area contributed by atoms with Gasteiger partial charge in [0.2, 0.25) is 0 Å². The number of hydrogen-bond donors (Lipinski definition) is 0. The molecule has 1 aromatic rings. The normalized spacial score (nSPS) is 11.8. The molecule has 1 aromatic carbocycles. The Kier molecular flexibility index (Phi) is 3.41. The van der Waals surface area contributed by atoms with Gasteiger partial charge in [0.25, 0.3) is 9.05 Å². The fraction of sp³-hybridized carbons (Fsp3) is 0. The van der Waals surface area contributed by atoms with Crippen LogP contribution in [0.25, 0.3) is 0 Å². The van der Waals surface area contributed by atoms with Crippen molar-refractivity contribution >= 4 is 47.3 Å². The maximum atomic E-state index is 13.2. The molecule has 78 valence electrons. The van der Waals surface area contributed by atoms with Gasteiger partial charge < -0.3 is 0 Å². The average molecular weight is 326 g/mol. The van der Waals surface area contributed by atoms with Crippen LogP contribution < -0.4 is 0 Å². The Hall–Kier alpha value is 0.0900. The lowest BCUT2D eigenvalue weighted by molar-refractivity contribution is 0.552. The minimum atomic E-state index is -4.30. The van der Waals surface area contributed by atoms with Crippen molar-refractivity contribution in [2.24, 2.45) is 0 Å². The van der Waals surface area contributed by atoms with Crippen molar-refractivity contribution in [3.63, 3.8) is 0 Å². The molecular weight excluding hydrogens is 325 g/mol. The van der Waals surface area contributed by atoms with Crippen molar-refractivity contribution in [3.05, 3.63) is 27.2 Å². The van der Waals surface area contributed by atoms with Gasteiger partial charge in [0.1, 0.15) is 15.7 Å². The van der Waals surface area contributed by atoms with Gasteiger partial charge >= 0.3 is 0 Å². The highest BCUT2D eigenvalue weighted by molar-refractivity contribution is 9.10. The van der Waals surface area contributed by atoms with Crippen LogP contribution in [0.5, 0.6) is 0 Å². The zero-order chi connectivity index (χ0) is 11.1. The first-order valence-corrected chi connectivity index (χ1v) is 6.51. The summed E-state index contributed by atoms with van der Waals surface area (Å²) in [6, 6.07) is 0.723. The van der Waals surface area contributed by atoms with Crippen molar-refractivity contribution in [1.82, 2.24) is 0 Å². The molecule has 0 fully saturated rings. The molecular formula is C6HBrCl2F2O2S. The lowest BCUT2D eigenvalue weighted by atomic mass is 10.3. The summed E-state index contributed by atoms with van der Waals surface area (Å²) in [5.74, 6) is -2.48. The minimum Gasteiger partial charge on any atom is -0.207 e. The van der Waals surface area contributed by atoms with Crippen LogP contribution in [-0.4, -0.2) is 8.42 Å². The molecule has 0 N–H and O–H groups in total. The molecule has 0 saturated heterocycles. The van der Waals surface area contributed by atoms with Gasteiger partial charge in [-0.05, 0) is 22.0 Å². The highest BCUT2D eigenvalue weighted by Crippen LogP contribution is 2.33. The summed E-state index contributed by atoms with van der Waals surface area (Å²) in [5, 5.41) is -0.910. The summed E-state index contributed by atoms with van der Waals surface area (Å²) in [7, 11) is 0.610. The standard InChI is InChI=1S/C6HBrCl2F2O2S/c7-2-1-3(10)4(8)5(11)6(2)14(9,12)13/h1H. The van der Waals surface area contributed by atoms with Crippen LogP contribution in [0.3, 0.4) is 0 Å². The van der Waals surface area contributed by atoms with Gasteiger partial charge in [0, 0.05) is 15.2 Å². The van der Waals surface area contributed by atoms with E-state index in [0.29, 0.717) is 0 Å². The number of hydrogen-bond acceptors (Lipinski definition) is 2. The molecule has 0 aliphatic carbocycles. The second-order valence-electron chi connectivity index (χ2n) is 2.24. The largest absolute Gasteiger partial charge is 0.265 e. The van der Waals surface area contributed by atoms with E-state index in [2.05, 4.69) is 15.9 Å². The molecule has 0 aromatic heterocycles. The van der Waals surface area contributed by atoms with E-state index in [4.69, 9.17) is 22.3 Å². The van der Waals surface area contributed by atoms with E-state index < -0.39 is 30.6 Å². The monoisotopic (exact) mass is 324 g/mol. The Morgan fingerprint density at radius 2 is 1.86 bits per heavy atom. The third-order valence-electron chi connectivity index (χ3n) is 1.32. The van der Waals surface area contributed by atoms with Gasteiger partial charge in [-0.15, -0.1) is 0 Å². The van der Waals surface area contributed by atoms with E-state index in [1.165, 1.54) is 0 Å². The lowest BCUT2D eigenvalue weighted by Crippen LogP contribution is -1.99. The summed E-state index contributed by atoms with van der Waals surface area (Å²) in [4.78, 5) is -0.870. The topological polar surface area (TPSA) is 34.1 Å². The number of benzene rings is 1. The summed E-state index contributed by atoms with van der Waals surface area (Å²) < 4.78 is 47.3. The molecule has 0 spiro atoms. The van der Waals surface area contributed by atoms with Crippen LogP contribution in [-0.2, 0) is 9.05 Å². The Balaban J connectivity index is 3.70. The molecule has 0 unspecified atom stereocenters. The molecule has 1 rings (SSSR count). The van der Waals surface area contributed by atoms with Crippen molar-refractivity contribution in [2.45, 2.75) is 4.90 Å². The molecule has 0 amide bonds. The summed E-state index contributed by atoms with van der Waals surface area (Å²) in [5.41, 5.74) is 0. The molecule has 0 bridgehead atoms. The Bertz CT molecular complexity index is 489.